The Hall–Kier alpha value is -4.48. The molecule has 0 heterocycles. The van der Waals surface area contributed by atoms with E-state index in [2.05, 4.69) is 20.5 Å². The molecule has 0 aliphatic rings. The predicted octanol–water partition coefficient (Wildman–Crippen LogP) is 1.11. The van der Waals surface area contributed by atoms with Gasteiger partial charge < -0.3 is 25.9 Å². The van der Waals surface area contributed by atoms with Gasteiger partial charge in [0.1, 0.15) is 18.4 Å². The Labute approximate surface area is 195 Å². The third kappa shape index (κ3) is 8.57. The molecule has 0 spiro atoms. The molecular formula is C22H25N5O7. The summed E-state index contributed by atoms with van der Waals surface area (Å²) in [6, 6.07) is 11.7. The molecule has 0 aliphatic heterocycles. The molecule has 0 aliphatic carbocycles. The van der Waals surface area contributed by atoms with E-state index in [0.29, 0.717) is 12.4 Å². The number of nitrogens with one attached hydrogen (secondary N) is 2. The SMILES string of the molecule is CC(=O)Oc1ccccc1C(=O)NC(CO[N+](=O)[O-])C(=O)NCc1cccc(CN=C(C)N)c1. The summed E-state index contributed by atoms with van der Waals surface area (Å²) in [6.45, 7) is 2.60. The Morgan fingerprint density at radius 3 is 2.50 bits per heavy atom. The molecule has 1 unspecified atom stereocenters. The van der Waals surface area contributed by atoms with E-state index in [1.807, 2.05) is 12.1 Å². The van der Waals surface area contributed by atoms with E-state index in [4.69, 9.17) is 10.5 Å². The van der Waals surface area contributed by atoms with Crippen LogP contribution in [0, 0.1) is 10.1 Å². The Balaban J connectivity index is 2.11. The summed E-state index contributed by atoms with van der Waals surface area (Å²) in [5.74, 6) is -1.70. The molecule has 34 heavy (non-hydrogen) atoms. The highest BCUT2D eigenvalue weighted by Crippen LogP contribution is 2.18. The molecule has 4 N–H and O–H groups in total. The highest BCUT2D eigenvalue weighted by atomic mass is 16.9. The number of hydrogen-bond acceptors (Lipinski definition) is 8. The molecule has 2 aromatic carbocycles. The van der Waals surface area contributed by atoms with Crippen molar-refractivity contribution >= 4 is 23.6 Å². The minimum atomic E-state index is -1.39. The van der Waals surface area contributed by atoms with Gasteiger partial charge in [0, 0.05) is 13.5 Å². The quantitative estimate of drug-likeness (QED) is 0.109. The summed E-state index contributed by atoms with van der Waals surface area (Å²) in [6.07, 6.45) is 0. The smallest absolute Gasteiger partial charge is 0.308 e. The van der Waals surface area contributed by atoms with Crippen LogP contribution in [0.3, 0.4) is 0 Å². The van der Waals surface area contributed by atoms with Crippen molar-refractivity contribution in [1.82, 2.24) is 10.6 Å². The molecule has 0 aromatic heterocycles. The van der Waals surface area contributed by atoms with Gasteiger partial charge >= 0.3 is 5.97 Å². The minimum absolute atomic E-state index is 0.0194. The molecule has 0 saturated heterocycles. The Bertz CT molecular complexity index is 1080. The number of nitrogens with zero attached hydrogens (tertiary/aromatic N) is 2. The third-order valence-electron chi connectivity index (χ3n) is 4.32. The van der Waals surface area contributed by atoms with E-state index in [0.717, 1.165) is 11.1 Å². The summed E-state index contributed by atoms with van der Waals surface area (Å²) in [5, 5.41) is 14.6. The Kier molecular flexibility index (Phi) is 9.50. The van der Waals surface area contributed by atoms with Crippen molar-refractivity contribution in [3.05, 3.63) is 75.3 Å². The first-order valence-corrected chi connectivity index (χ1v) is 10.1. The van der Waals surface area contributed by atoms with E-state index in [1.54, 1.807) is 25.1 Å². The molecule has 2 rings (SSSR count). The number of rotatable bonds is 11. The highest BCUT2D eigenvalue weighted by Gasteiger charge is 2.24. The van der Waals surface area contributed by atoms with Crippen LogP contribution in [-0.4, -0.2) is 41.4 Å². The third-order valence-corrected chi connectivity index (χ3v) is 4.32. The number of aliphatic imine (C=N–C) groups is 1. The number of esters is 1. The molecule has 1 atom stereocenters. The van der Waals surface area contributed by atoms with Gasteiger partial charge in [-0.25, -0.2) is 0 Å². The zero-order valence-electron chi connectivity index (χ0n) is 18.6. The number of carbonyl (C=O) groups is 3. The van der Waals surface area contributed by atoms with Crippen LogP contribution in [0.15, 0.2) is 53.5 Å². The number of para-hydroxylation sites is 1. The first kappa shape index (κ1) is 25.8. The van der Waals surface area contributed by atoms with Crippen molar-refractivity contribution in [2.45, 2.75) is 33.0 Å². The zero-order chi connectivity index (χ0) is 25.1. The number of ether oxygens (including phenoxy) is 1. The molecule has 2 aromatic rings. The average Bonchev–Trinajstić information content (AvgIpc) is 2.78. The van der Waals surface area contributed by atoms with Gasteiger partial charge in [-0.05, 0) is 30.2 Å². The zero-order valence-corrected chi connectivity index (χ0v) is 18.6. The molecule has 0 saturated carbocycles. The van der Waals surface area contributed by atoms with Crippen molar-refractivity contribution in [1.29, 1.82) is 0 Å². The average molecular weight is 471 g/mol. The normalized spacial score (nSPS) is 11.8. The van der Waals surface area contributed by atoms with E-state index >= 15 is 0 Å². The fraction of sp³-hybridized carbons (Fsp3) is 0.273. The second-order valence-corrected chi connectivity index (χ2v) is 7.13. The van der Waals surface area contributed by atoms with Gasteiger partial charge in [-0.1, -0.05) is 36.4 Å². The van der Waals surface area contributed by atoms with Crippen molar-refractivity contribution < 1.29 is 29.0 Å². The first-order valence-electron chi connectivity index (χ1n) is 10.1. The largest absolute Gasteiger partial charge is 0.426 e. The van der Waals surface area contributed by atoms with Gasteiger partial charge in [-0.3, -0.25) is 19.4 Å². The number of amides is 2. The van der Waals surface area contributed by atoms with Gasteiger partial charge in [-0.2, -0.15) is 0 Å². The number of amidine groups is 1. The lowest BCUT2D eigenvalue weighted by molar-refractivity contribution is -0.757. The Morgan fingerprint density at radius 2 is 1.82 bits per heavy atom. The second kappa shape index (κ2) is 12.5. The van der Waals surface area contributed by atoms with E-state index in [-0.39, 0.29) is 17.9 Å². The maximum absolute atomic E-state index is 12.7. The lowest BCUT2D eigenvalue weighted by atomic mass is 10.1. The summed E-state index contributed by atoms with van der Waals surface area (Å²) < 4.78 is 5.00. The molecule has 0 radical (unpaired) electrons. The molecule has 0 fully saturated rings. The number of benzene rings is 2. The number of hydrogen-bond donors (Lipinski definition) is 3. The number of nitrogens with two attached hydrogens (primary N) is 1. The standard InChI is InChI=1S/C22H25N5O7/c1-14(23)24-11-16-6-5-7-17(10-16)12-25-22(30)19(13-33-27(31)32)26-21(29)18-8-3-4-9-20(18)34-15(2)28/h3-10,19H,11-13H2,1-2H3,(H2,23,24)(H,25,30)(H,26,29). The van der Waals surface area contributed by atoms with Crippen LogP contribution in [-0.2, 0) is 27.5 Å². The van der Waals surface area contributed by atoms with Crippen molar-refractivity contribution in [3.63, 3.8) is 0 Å². The van der Waals surface area contributed by atoms with Gasteiger partial charge in [0.2, 0.25) is 5.91 Å². The van der Waals surface area contributed by atoms with Crippen LogP contribution in [0.4, 0.5) is 0 Å². The van der Waals surface area contributed by atoms with Crippen LogP contribution in [0.25, 0.3) is 0 Å². The highest BCUT2D eigenvalue weighted by molar-refractivity contribution is 6.00. The molecule has 12 nitrogen and oxygen atoms in total. The van der Waals surface area contributed by atoms with E-state index < -0.39 is 35.5 Å². The van der Waals surface area contributed by atoms with Crippen molar-refractivity contribution in [2.24, 2.45) is 10.7 Å². The van der Waals surface area contributed by atoms with Crippen LogP contribution >= 0.6 is 0 Å². The number of carbonyl (C=O) groups excluding carboxylic acids is 3. The van der Waals surface area contributed by atoms with Crippen LogP contribution in [0.2, 0.25) is 0 Å². The van der Waals surface area contributed by atoms with Crippen molar-refractivity contribution in [3.8, 4) is 5.75 Å². The monoisotopic (exact) mass is 471 g/mol. The second-order valence-electron chi connectivity index (χ2n) is 7.13. The summed E-state index contributed by atoms with van der Waals surface area (Å²) in [7, 11) is 0. The van der Waals surface area contributed by atoms with Crippen LogP contribution in [0.5, 0.6) is 5.75 Å². The molecule has 0 bridgehead atoms. The fourth-order valence-corrected chi connectivity index (χ4v) is 2.82. The fourth-order valence-electron chi connectivity index (χ4n) is 2.82. The minimum Gasteiger partial charge on any atom is -0.426 e. The molecule has 12 heteroatoms. The van der Waals surface area contributed by atoms with E-state index in [1.165, 1.54) is 25.1 Å². The van der Waals surface area contributed by atoms with Gasteiger partial charge in [0.25, 0.3) is 11.0 Å². The predicted molar refractivity (Wildman–Crippen MR) is 121 cm³/mol. The van der Waals surface area contributed by atoms with Gasteiger partial charge in [0.05, 0.1) is 17.9 Å². The van der Waals surface area contributed by atoms with Gasteiger partial charge in [0.15, 0.2) is 0 Å². The summed E-state index contributed by atoms with van der Waals surface area (Å²) in [5.41, 5.74) is 7.14. The van der Waals surface area contributed by atoms with E-state index in [9.17, 15) is 24.5 Å². The molecule has 180 valence electrons. The molecular weight excluding hydrogens is 446 g/mol. The van der Waals surface area contributed by atoms with Gasteiger partial charge in [-0.15, -0.1) is 10.1 Å². The van der Waals surface area contributed by atoms with Crippen molar-refractivity contribution in [2.75, 3.05) is 6.61 Å². The summed E-state index contributed by atoms with van der Waals surface area (Å²) >= 11 is 0. The summed E-state index contributed by atoms with van der Waals surface area (Å²) in [4.78, 5) is 55.8. The Morgan fingerprint density at radius 1 is 1.12 bits per heavy atom. The lowest BCUT2D eigenvalue weighted by Gasteiger charge is -2.18. The first-order chi connectivity index (χ1) is 16.2. The van der Waals surface area contributed by atoms with Crippen LogP contribution in [0.1, 0.15) is 35.3 Å². The van der Waals surface area contributed by atoms with Crippen LogP contribution < -0.4 is 21.1 Å². The maximum Gasteiger partial charge on any atom is 0.308 e. The topological polar surface area (TPSA) is 175 Å². The lowest BCUT2D eigenvalue weighted by Crippen LogP contribution is -2.49. The molecule has 2 amide bonds. The maximum atomic E-state index is 12.7.